The van der Waals surface area contributed by atoms with E-state index >= 15 is 0 Å². The number of aryl methyl sites for hydroxylation is 1. The molecule has 34 heavy (non-hydrogen) atoms. The van der Waals surface area contributed by atoms with Gasteiger partial charge in [0.15, 0.2) is 0 Å². The highest BCUT2D eigenvalue weighted by Crippen LogP contribution is 2.41. The van der Waals surface area contributed by atoms with Gasteiger partial charge in [-0.05, 0) is 59.5 Å². The van der Waals surface area contributed by atoms with E-state index in [0.717, 1.165) is 28.3 Å². The molecule has 0 unspecified atom stereocenters. The number of carbonyl (C=O) groups excluding carboxylic acids is 2. The van der Waals surface area contributed by atoms with Crippen LogP contribution in [0.4, 0.5) is 16.2 Å². The summed E-state index contributed by atoms with van der Waals surface area (Å²) in [5, 5.41) is 8.34. The Kier molecular flexibility index (Phi) is 6.23. The largest absolute Gasteiger partial charge is 0.338 e. The van der Waals surface area contributed by atoms with Crippen LogP contribution in [0.5, 0.6) is 0 Å². The molecule has 0 spiro atoms. The summed E-state index contributed by atoms with van der Waals surface area (Å²) >= 11 is 1.56. The van der Waals surface area contributed by atoms with Crippen molar-refractivity contribution in [3.8, 4) is 0 Å². The molecule has 0 bridgehead atoms. The minimum absolute atomic E-state index is 0.0584. The lowest BCUT2D eigenvalue weighted by molar-refractivity contribution is 0.0990. The van der Waals surface area contributed by atoms with Gasteiger partial charge in [0.1, 0.15) is 0 Å². The van der Waals surface area contributed by atoms with Gasteiger partial charge < -0.3 is 15.5 Å². The predicted molar refractivity (Wildman–Crippen MR) is 139 cm³/mol. The Hall–Kier alpha value is -3.77. The molecule has 0 radical (unpaired) electrons. The zero-order chi connectivity index (χ0) is 23.5. The zero-order valence-electron chi connectivity index (χ0n) is 18.9. The number of rotatable bonds is 5. The molecule has 0 aromatic heterocycles. The number of benzene rings is 4. The first kappa shape index (κ1) is 22.0. The molecular formula is C28H25N3O2S. The number of fused-ring (bicyclic) bond motifs is 3. The average Bonchev–Trinajstić information content (AvgIpc) is 2.96. The van der Waals surface area contributed by atoms with Crippen molar-refractivity contribution >= 4 is 45.8 Å². The molecule has 0 saturated heterocycles. The first-order valence-electron chi connectivity index (χ1n) is 11.3. The summed E-state index contributed by atoms with van der Waals surface area (Å²) in [5.74, 6) is -0.0584. The number of hydrogen-bond donors (Lipinski definition) is 2. The maximum Gasteiger partial charge on any atom is 0.319 e. The molecule has 6 heteroatoms. The molecule has 1 heterocycles. The molecule has 0 aliphatic carbocycles. The van der Waals surface area contributed by atoms with E-state index in [1.165, 1.54) is 16.3 Å². The monoisotopic (exact) mass is 467 g/mol. The van der Waals surface area contributed by atoms with Crippen molar-refractivity contribution in [1.82, 2.24) is 5.32 Å². The van der Waals surface area contributed by atoms with E-state index in [1.54, 1.807) is 23.7 Å². The van der Waals surface area contributed by atoms with Crippen LogP contribution < -0.4 is 15.5 Å². The van der Waals surface area contributed by atoms with E-state index in [1.807, 2.05) is 48.5 Å². The van der Waals surface area contributed by atoms with Crippen LogP contribution in [-0.4, -0.2) is 25.5 Å². The number of anilines is 2. The molecular weight excluding hydrogens is 442 g/mol. The third kappa shape index (κ3) is 4.50. The fraction of sp³-hybridized carbons (Fsp3) is 0.143. The summed E-state index contributed by atoms with van der Waals surface area (Å²) in [6.45, 7) is 0.573. The second-order valence-corrected chi connectivity index (χ2v) is 9.35. The predicted octanol–water partition coefficient (Wildman–Crippen LogP) is 6.34. The smallest absolute Gasteiger partial charge is 0.319 e. The third-order valence-corrected chi connectivity index (χ3v) is 7.15. The van der Waals surface area contributed by atoms with E-state index in [4.69, 9.17) is 0 Å². The van der Waals surface area contributed by atoms with E-state index in [-0.39, 0.29) is 11.9 Å². The van der Waals surface area contributed by atoms with Crippen LogP contribution in [-0.2, 0) is 6.42 Å². The molecule has 0 atom stereocenters. The van der Waals surface area contributed by atoms with Gasteiger partial charge in [-0.2, -0.15) is 0 Å². The number of nitrogens with zero attached hydrogens (tertiary/aromatic N) is 1. The lowest BCUT2D eigenvalue weighted by Crippen LogP contribution is -2.30. The summed E-state index contributed by atoms with van der Waals surface area (Å²) in [4.78, 5) is 29.0. The lowest BCUT2D eigenvalue weighted by Gasteiger charge is -2.18. The summed E-state index contributed by atoms with van der Waals surface area (Å²) in [5.41, 5.74) is 3.40. The Morgan fingerprint density at radius 3 is 2.62 bits per heavy atom. The molecule has 0 fully saturated rings. The van der Waals surface area contributed by atoms with Gasteiger partial charge in [0.2, 0.25) is 0 Å². The maximum atomic E-state index is 12.9. The van der Waals surface area contributed by atoms with Crippen molar-refractivity contribution in [2.45, 2.75) is 22.6 Å². The molecule has 0 saturated carbocycles. The van der Waals surface area contributed by atoms with Crippen LogP contribution >= 0.6 is 11.8 Å². The van der Waals surface area contributed by atoms with Crippen molar-refractivity contribution < 1.29 is 9.59 Å². The SMILES string of the molecule is CN1C(=O)c2ccccc2Sc2ccc(NC(=O)NCCCc3cccc4ccccc34)cc21. The van der Waals surface area contributed by atoms with Gasteiger partial charge in [0.05, 0.1) is 11.3 Å². The molecule has 4 aromatic rings. The highest BCUT2D eigenvalue weighted by molar-refractivity contribution is 7.99. The van der Waals surface area contributed by atoms with Gasteiger partial charge in [0, 0.05) is 29.1 Å². The van der Waals surface area contributed by atoms with E-state index in [2.05, 4.69) is 47.0 Å². The number of nitrogens with one attached hydrogen (secondary N) is 2. The zero-order valence-corrected chi connectivity index (χ0v) is 19.7. The van der Waals surface area contributed by atoms with Gasteiger partial charge in [-0.1, -0.05) is 66.4 Å². The Bertz CT molecular complexity index is 1380. The van der Waals surface area contributed by atoms with Crippen LogP contribution in [0.25, 0.3) is 10.8 Å². The number of hydrogen-bond acceptors (Lipinski definition) is 3. The van der Waals surface area contributed by atoms with Gasteiger partial charge in [-0.25, -0.2) is 4.79 Å². The quantitative estimate of drug-likeness (QED) is 0.337. The fourth-order valence-electron chi connectivity index (χ4n) is 4.25. The maximum absolute atomic E-state index is 12.9. The number of urea groups is 1. The summed E-state index contributed by atoms with van der Waals surface area (Å²) in [7, 11) is 1.76. The second kappa shape index (κ2) is 9.61. The van der Waals surface area contributed by atoms with E-state index in [0.29, 0.717) is 17.8 Å². The van der Waals surface area contributed by atoms with Crippen LogP contribution in [0.3, 0.4) is 0 Å². The summed E-state index contributed by atoms with van der Waals surface area (Å²) in [6, 6.07) is 27.7. The third-order valence-electron chi connectivity index (χ3n) is 6.01. The number of carbonyl (C=O) groups is 2. The number of amides is 3. The van der Waals surface area contributed by atoms with Crippen LogP contribution in [0.1, 0.15) is 22.3 Å². The van der Waals surface area contributed by atoms with Gasteiger partial charge in [0.25, 0.3) is 5.91 Å². The molecule has 1 aliphatic rings. The molecule has 3 amide bonds. The van der Waals surface area contributed by atoms with Crippen LogP contribution in [0.15, 0.2) is 94.7 Å². The molecule has 2 N–H and O–H groups in total. The van der Waals surface area contributed by atoms with Crippen LogP contribution in [0.2, 0.25) is 0 Å². The fourth-order valence-corrected chi connectivity index (χ4v) is 5.34. The minimum Gasteiger partial charge on any atom is -0.338 e. The molecule has 4 aromatic carbocycles. The normalized spacial score (nSPS) is 12.6. The molecule has 5 nitrogen and oxygen atoms in total. The second-order valence-electron chi connectivity index (χ2n) is 8.27. The Morgan fingerprint density at radius 1 is 0.912 bits per heavy atom. The summed E-state index contributed by atoms with van der Waals surface area (Å²) < 4.78 is 0. The van der Waals surface area contributed by atoms with Gasteiger partial charge in [-0.15, -0.1) is 0 Å². The van der Waals surface area contributed by atoms with Crippen molar-refractivity contribution in [1.29, 1.82) is 0 Å². The van der Waals surface area contributed by atoms with E-state index < -0.39 is 0 Å². The van der Waals surface area contributed by atoms with Gasteiger partial charge in [-0.3, -0.25) is 4.79 Å². The summed E-state index contributed by atoms with van der Waals surface area (Å²) in [6.07, 6.45) is 1.74. The Morgan fingerprint density at radius 2 is 1.71 bits per heavy atom. The molecule has 5 rings (SSSR count). The van der Waals surface area contributed by atoms with Crippen molar-refractivity contribution in [2.75, 3.05) is 23.8 Å². The van der Waals surface area contributed by atoms with Crippen LogP contribution in [0, 0.1) is 0 Å². The standard InChI is InChI=1S/C28H25N3O2S/c1-31-24-18-21(15-16-26(24)34-25-14-5-4-13-23(25)27(31)32)30-28(33)29-17-7-11-20-10-6-9-19-8-2-3-12-22(19)20/h2-6,8-10,12-16,18H,7,11,17H2,1H3,(H2,29,30,33). The molecule has 1 aliphatic heterocycles. The van der Waals surface area contributed by atoms with Gasteiger partial charge >= 0.3 is 6.03 Å². The van der Waals surface area contributed by atoms with Crippen molar-refractivity contribution in [3.63, 3.8) is 0 Å². The lowest BCUT2D eigenvalue weighted by atomic mass is 10.0. The minimum atomic E-state index is -0.253. The highest BCUT2D eigenvalue weighted by Gasteiger charge is 2.24. The van der Waals surface area contributed by atoms with Crippen molar-refractivity contribution in [3.05, 3.63) is 96.1 Å². The highest BCUT2D eigenvalue weighted by atomic mass is 32.2. The Labute approximate surface area is 203 Å². The first-order chi connectivity index (χ1) is 16.6. The first-order valence-corrected chi connectivity index (χ1v) is 12.1. The topological polar surface area (TPSA) is 61.4 Å². The Balaban J connectivity index is 1.20. The van der Waals surface area contributed by atoms with Crippen molar-refractivity contribution in [2.24, 2.45) is 0 Å². The average molecular weight is 468 g/mol. The molecule has 170 valence electrons. The van der Waals surface area contributed by atoms with E-state index in [9.17, 15) is 9.59 Å².